The van der Waals surface area contributed by atoms with Crippen molar-refractivity contribution in [2.24, 2.45) is 0 Å². The van der Waals surface area contributed by atoms with Gasteiger partial charge in [0.15, 0.2) is 5.13 Å². The van der Waals surface area contributed by atoms with Crippen LogP contribution in [0.15, 0.2) is 29.6 Å². The molecule has 2 aliphatic heterocycles. The molecule has 4 rings (SSSR count). The fraction of sp³-hybridized carbons (Fsp3) is 0.312. The van der Waals surface area contributed by atoms with Crippen LogP contribution in [0.4, 0.5) is 9.93 Å². The Morgan fingerprint density at radius 2 is 2.12 bits per heavy atom. The molecule has 2 N–H and O–H groups in total. The third-order valence-corrected chi connectivity index (χ3v) is 5.23. The number of urea groups is 1. The van der Waals surface area contributed by atoms with Crippen molar-refractivity contribution in [1.82, 2.24) is 15.2 Å². The van der Waals surface area contributed by atoms with Crippen molar-refractivity contribution in [3.8, 4) is 11.3 Å². The zero-order valence-corrected chi connectivity index (χ0v) is 13.6. The van der Waals surface area contributed by atoms with E-state index < -0.39 is 5.97 Å². The molecule has 1 atom stereocenters. The Labute approximate surface area is 142 Å². The lowest BCUT2D eigenvalue weighted by Gasteiger charge is -2.28. The minimum atomic E-state index is -0.951. The van der Waals surface area contributed by atoms with Gasteiger partial charge in [-0.3, -0.25) is 4.90 Å². The molecule has 1 aromatic heterocycles. The molecule has 0 unspecified atom stereocenters. The van der Waals surface area contributed by atoms with Gasteiger partial charge in [0.05, 0.1) is 23.8 Å². The lowest BCUT2D eigenvalue weighted by molar-refractivity contribution is 0.0697. The van der Waals surface area contributed by atoms with Gasteiger partial charge in [0.1, 0.15) is 0 Å². The van der Waals surface area contributed by atoms with Crippen LogP contribution >= 0.6 is 11.3 Å². The molecular formula is C16H16N4O3S. The Morgan fingerprint density at radius 3 is 2.83 bits per heavy atom. The van der Waals surface area contributed by atoms with Crippen molar-refractivity contribution in [2.75, 3.05) is 31.1 Å². The van der Waals surface area contributed by atoms with Gasteiger partial charge in [0.2, 0.25) is 0 Å². The SMILES string of the molecule is O=C(O)c1ccc(-c2csc(N3C[C@@H]4CNCCN4C3=O)n2)cc1. The monoisotopic (exact) mass is 344 g/mol. The molecule has 0 bridgehead atoms. The number of aromatic nitrogens is 1. The van der Waals surface area contributed by atoms with Gasteiger partial charge in [-0.1, -0.05) is 12.1 Å². The van der Waals surface area contributed by atoms with Crippen LogP contribution in [-0.2, 0) is 0 Å². The Bertz CT molecular complexity index is 789. The minimum absolute atomic E-state index is 0.0172. The first-order valence-corrected chi connectivity index (χ1v) is 8.59. The van der Waals surface area contributed by atoms with Crippen molar-refractivity contribution in [3.63, 3.8) is 0 Å². The molecule has 7 nitrogen and oxygen atoms in total. The van der Waals surface area contributed by atoms with E-state index in [-0.39, 0.29) is 17.6 Å². The summed E-state index contributed by atoms with van der Waals surface area (Å²) in [5.41, 5.74) is 1.84. The number of anilines is 1. The molecular weight excluding hydrogens is 328 g/mol. The second kappa shape index (κ2) is 5.88. The molecule has 2 aliphatic rings. The smallest absolute Gasteiger partial charge is 0.335 e. The average Bonchev–Trinajstić information content (AvgIpc) is 3.20. The van der Waals surface area contributed by atoms with Crippen LogP contribution in [0.25, 0.3) is 11.3 Å². The Balaban J connectivity index is 1.56. The van der Waals surface area contributed by atoms with E-state index >= 15 is 0 Å². The summed E-state index contributed by atoms with van der Waals surface area (Å²) >= 11 is 1.43. The van der Waals surface area contributed by atoms with Crippen LogP contribution in [-0.4, -0.2) is 59.2 Å². The number of thiazole rings is 1. The summed E-state index contributed by atoms with van der Waals surface area (Å²) in [6.07, 6.45) is 0. The molecule has 3 heterocycles. The first kappa shape index (κ1) is 15.1. The number of benzene rings is 1. The standard InChI is InChI=1S/C16H16N4O3S/c21-14(22)11-3-1-10(2-4-11)13-9-24-15(18-13)20-8-12-7-17-5-6-19(12)16(20)23/h1-4,9,12,17H,5-8H2,(H,21,22)/t12-/m0/s1. The van der Waals surface area contributed by atoms with Crippen LogP contribution in [0.1, 0.15) is 10.4 Å². The van der Waals surface area contributed by atoms with Gasteiger partial charge in [-0.2, -0.15) is 0 Å². The summed E-state index contributed by atoms with van der Waals surface area (Å²) in [6, 6.07) is 6.81. The highest BCUT2D eigenvalue weighted by molar-refractivity contribution is 7.14. The van der Waals surface area contributed by atoms with Crippen LogP contribution in [0, 0.1) is 0 Å². The Morgan fingerprint density at radius 1 is 1.33 bits per heavy atom. The van der Waals surface area contributed by atoms with E-state index in [2.05, 4.69) is 10.3 Å². The molecule has 8 heteroatoms. The van der Waals surface area contributed by atoms with Gasteiger partial charge < -0.3 is 15.3 Å². The lowest BCUT2D eigenvalue weighted by atomic mass is 10.1. The average molecular weight is 344 g/mol. The van der Waals surface area contributed by atoms with Gasteiger partial charge in [-0.15, -0.1) is 11.3 Å². The normalized spacial score (nSPS) is 20.3. The van der Waals surface area contributed by atoms with E-state index in [9.17, 15) is 9.59 Å². The molecule has 2 saturated heterocycles. The molecule has 2 fully saturated rings. The van der Waals surface area contributed by atoms with E-state index in [4.69, 9.17) is 5.11 Å². The quantitative estimate of drug-likeness (QED) is 0.885. The first-order valence-electron chi connectivity index (χ1n) is 7.71. The maximum atomic E-state index is 12.5. The number of aromatic carboxylic acids is 1. The van der Waals surface area contributed by atoms with Crippen molar-refractivity contribution in [3.05, 3.63) is 35.2 Å². The van der Waals surface area contributed by atoms with E-state index in [1.807, 2.05) is 10.3 Å². The Kier molecular flexibility index (Phi) is 3.70. The number of hydrogen-bond donors (Lipinski definition) is 2. The number of piperazine rings is 1. The molecule has 2 aromatic rings. The van der Waals surface area contributed by atoms with Crippen molar-refractivity contribution in [1.29, 1.82) is 0 Å². The second-order valence-corrected chi connectivity index (χ2v) is 6.68. The van der Waals surface area contributed by atoms with Gasteiger partial charge in [0, 0.05) is 30.6 Å². The fourth-order valence-corrected chi connectivity index (χ4v) is 3.92. The number of rotatable bonds is 3. The molecule has 124 valence electrons. The summed E-state index contributed by atoms with van der Waals surface area (Å²) in [4.78, 5) is 31.7. The maximum absolute atomic E-state index is 12.5. The molecule has 24 heavy (non-hydrogen) atoms. The van der Waals surface area contributed by atoms with Gasteiger partial charge >= 0.3 is 12.0 Å². The van der Waals surface area contributed by atoms with Gasteiger partial charge in [-0.25, -0.2) is 14.6 Å². The van der Waals surface area contributed by atoms with Gasteiger partial charge in [-0.05, 0) is 12.1 Å². The zero-order valence-electron chi connectivity index (χ0n) is 12.8. The van der Waals surface area contributed by atoms with E-state index in [0.29, 0.717) is 11.7 Å². The largest absolute Gasteiger partial charge is 0.478 e. The van der Waals surface area contributed by atoms with E-state index in [0.717, 1.165) is 30.9 Å². The highest BCUT2D eigenvalue weighted by atomic mass is 32.1. The molecule has 0 spiro atoms. The first-order chi connectivity index (χ1) is 11.6. The molecule has 1 aromatic carbocycles. The highest BCUT2D eigenvalue weighted by Gasteiger charge is 2.40. The number of carbonyl (C=O) groups is 2. The summed E-state index contributed by atoms with van der Waals surface area (Å²) in [6.45, 7) is 3.03. The van der Waals surface area contributed by atoms with Gasteiger partial charge in [0.25, 0.3) is 0 Å². The third kappa shape index (κ3) is 2.53. The van der Waals surface area contributed by atoms with E-state index in [1.54, 1.807) is 29.2 Å². The number of carboxylic acid groups (broad SMARTS) is 1. The molecule has 0 saturated carbocycles. The van der Waals surface area contributed by atoms with Crippen LogP contribution in [0.2, 0.25) is 0 Å². The van der Waals surface area contributed by atoms with Crippen LogP contribution < -0.4 is 10.2 Å². The van der Waals surface area contributed by atoms with Crippen LogP contribution in [0.3, 0.4) is 0 Å². The second-order valence-electron chi connectivity index (χ2n) is 5.84. The molecule has 2 amide bonds. The summed E-state index contributed by atoms with van der Waals surface area (Å²) in [7, 11) is 0. The number of carboxylic acids is 1. The summed E-state index contributed by atoms with van der Waals surface area (Å²) in [5.74, 6) is -0.951. The van der Waals surface area contributed by atoms with Crippen molar-refractivity contribution >= 4 is 28.5 Å². The summed E-state index contributed by atoms with van der Waals surface area (Å²) < 4.78 is 0. The van der Waals surface area contributed by atoms with Crippen molar-refractivity contribution < 1.29 is 14.7 Å². The predicted octanol–water partition coefficient (Wildman–Crippen LogP) is 1.72. The third-order valence-electron chi connectivity index (χ3n) is 4.37. The lowest BCUT2D eigenvalue weighted by Crippen LogP contribution is -2.49. The maximum Gasteiger partial charge on any atom is 0.335 e. The highest BCUT2D eigenvalue weighted by Crippen LogP contribution is 2.31. The zero-order chi connectivity index (χ0) is 16.7. The van der Waals surface area contributed by atoms with Crippen molar-refractivity contribution in [2.45, 2.75) is 6.04 Å². The minimum Gasteiger partial charge on any atom is -0.478 e. The number of carbonyl (C=O) groups excluding carboxylic acids is 1. The summed E-state index contributed by atoms with van der Waals surface area (Å²) in [5, 5.41) is 14.8. The van der Waals surface area contributed by atoms with E-state index in [1.165, 1.54) is 11.3 Å². The number of hydrogen-bond acceptors (Lipinski definition) is 5. The Hall–Kier alpha value is -2.45. The topological polar surface area (TPSA) is 85.8 Å². The number of nitrogens with zero attached hydrogens (tertiary/aromatic N) is 3. The van der Waals surface area contributed by atoms with Crippen LogP contribution in [0.5, 0.6) is 0 Å². The number of amides is 2. The number of fused-ring (bicyclic) bond motifs is 1. The number of nitrogens with one attached hydrogen (secondary N) is 1. The molecule has 0 radical (unpaired) electrons. The molecule has 0 aliphatic carbocycles. The predicted molar refractivity (Wildman–Crippen MR) is 90.6 cm³/mol. The fourth-order valence-electron chi connectivity index (χ4n) is 3.08.